The molecule has 0 bridgehead atoms. The molecule has 2 nitrogen and oxygen atoms in total. The molecule has 88 valence electrons. The summed E-state index contributed by atoms with van der Waals surface area (Å²) in [6.45, 7) is 0. The summed E-state index contributed by atoms with van der Waals surface area (Å²) >= 11 is 23.1. The van der Waals surface area contributed by atoms with Crippen molar-refractivity contribution < 1.29 is 8.42 Å². The number of hydrogen-bond acceptors (Lipinski definition) is 2. The Morgan fingerprint density at radius 2 is 1.20 bits per heavy atom. The maximum atomic E-state index is 11.7. The molecule has 2 saturated carbocycles. The first-order valence-electron chi connectivity index (χ1n) is 4.58. The van der Waals surface area contributed by atoms with Crippen molar-refractivity contribution in [2.45, 2.75) is 21.5 Å². The van der Waals surface area contributed by atoms with Crippen LogP contribution in [0.1, 0.15) is 12.8 Å². The van der Waals surface area contributed by atoms with E-state index >= 15 is 0 Å². The van der Waals surface area contributed by atoms with Gasteiger partial charge in [0.25, 0.3) is 0 Å². The molecule has 0 aromatic rings. The van der Waals surface area contributed by atoms with Gasteiger partial charge in [-0.2, -0.15) is 0 Å². The van der Waals surface area contributed by atoms with E-state index in [1.165, 1.54) is 0 Å². The Labute approximate surface area is 109 Å². The van der Waals surface area contributed by atoms with Crippen molar-refractivity contribution in [1.29, 1.82) is 0 Å². The van der Waals surface area contributed by atoms with Gasteiger partial charge < -0.3 is 0 Å². The van der Waals surface area contributed by atoms with Crippen molar-refractivity contribution in [3.8, 4) is 0 Å². The zero-order chi connectivity index (χ0) is 11.5. The van der Waals surface area contributed by atoms with E-state index in [1.807, 2.05) is 0 Å². The van der Waals surface area contributed by atoms with Gasteiger partial charge in [0.1, 0.15) is 8.67 Å². The average molecular weight is 312 g/mol. The molecule has 2 unspecified atom stereocenters. The molecule has 0 N–H and O–H groups in total. The van der Waals surface area contributed by atoms with Gasteiger partial charge in [0.15, 0.2) is 9.84 Å². The van der Waals surface area contributed by atoms with Gasteiger partial charge >= 0.3 is 0 Å². The van der Waals surface area contributed by atoms with Gasteiger partial charge in [-0.3, -0.25) is 0 Å². The highest BCUT2D eigenvalue weighted by molar-refractivity contribution is 7.91. The lowest BCUT2D eigenvalue weighted by Crippen LogP contribution is -2.17. The smallest absolute Gasteiger partial charge is 0.151 e. The van der Waals surface area contributed by atoms with Gasteiger partial charge in [0, 0.05) is 11.8 Å². The fourth-order valence-electron chi connectivity index (χ4n) is 1.58. The van der Waals surface area contributed by atoms with E-state index in [9.17, 15) is 8.42 Å². The minimum Gasteiger partial charge on any atom is -0.229 e. The van der Waals surface area contributed by atoms with E-state index in [1.54, 1.807) is 0 Å². The number of halogens is 4. The second-order valence-electron chi connectivity index (χ2n) is 4.40. The van der Waals surface area contributed by atoms with Crippen LogP contribution < -0.4 is 0 Å². The van der Waals surface area contributed by atoms with E-state index in [0.717, 1.165) is 0 Å². The van der Waals surface area contributed by atoms with Crippen LogP contribution in [0, 0.1) is 11.8 Å². The van der Waals surface area contributed by atoms with Crippen molar-refractivity contribution in [3.63, 3.8) is 0 Å². The van der Waals surface area contributed by atoms with Crippen molar-refractivity contribution in [2.24, 2.45) is 11.8 Å². The van der Waals surface area contributed by atoms with Crippen LogP contribution >= 0.6 is 46.4 Å². The molecule has 2 aliphatic rings. The third-order valence-electron chi connectivity index (χ3n) is 2.82. The number of hydrogen-bond donors (Lipinski definition) is 0. The first-order chi connectivity index (χ1) is 6.62. The minimum atomic E-state index is -3.13. The van der Waals surface area contributed by atoms with Crippen molar-refractivity contribution in [3.05, 3.63) is 0 Å². The van der Waals surface area contributed by atoms with Crippen molar-refractivity contribution >= 4 is 56.2 Å². The second kappa shape index (κ2) is 3.55. The van der Waals surface area contributed by atoms with Gasteiger partial charge in [0.2, 0.25) is 0 Å². The van der Waals surface area contributed by atoms with Gasteiger partial charge in [-0.15, -0.1) is 46.4 Å². The minimum absolute atomic E-state index is 0.0420. The van der Waals surface area contributed by atoms with E-state index in [4.69, 9.17) is 46.4 Å². The van der Waals surface area contributed by atoms with Crippen LogP contribution in [-0.2, 0) is 9.84 Å². The number of sulfone groups is 1. The molecular weight excluding hydrogens is 302 g/mol. The summed E-state index contributed by atoms with van der Waals surface area (Å²) in [6.07, 6.45) is 1.10. The summed E-state index contributed by atoms with van der Waals surface area (Å²) in [6, 6.07) is 0. The summed E-state index contributed by atoms with van der Waals surface area (Å²) in [5.41, 5.74) is 0. The summed E-state index contributed by atoms with van der Waals surface area (Å²) in [7, 11) is -3.13. The second-order valence-corrected chi connectivity index (χ2v) is 9.64. The summed E-state index contributed by atoms with van der Waals surface area (Å²) in [5, 5.41) is 0. The SMILES string of the molecule is O=S(=O)(CC1CC1(Cl)Cl)CC1CC1(Cl)Cl. The van der Waals surface area contributed by atoms with Gasteiger partial charge in [-0.05, 0) is 12.8 Å². The topological polar surface area (TPSA) is 34.1 Å². The Balaban J connectivity index is 1.87. The largest absolute Gasteiger partial charge is 0.229 e. The lowest BCUT2D eigenvalue weighted by molar-refractivity contribution is 0.588. The first kappa shape index (κ1) is 12.6. The Morgan fingerprint density at radius 1 is 0.933 bits per heavy atom. The Hall–Kier alpha value is 1.11. The first-order valence-corrected chi connectivity index (χ1v) is 7.92. The quantitative estimate of drug-likeness (QED) is 0.748. The van der Waals surface area contributed by atoms with Crippen LogP contribution in [0.2, 0.25) is 0 Å². The highest BCUT2D eigenvalue weighted by Crippen LogP contribution is 2.56. The van der Waals surface area contributed by atoms with Gasteiger partial charge in [-0.1, -0.05) is 0 Å². The fraction of sp³-hybridized carbons (Fsp3) is 1.00. The highest BCUT2D eigenvalue weighted by atomic mass is 35.5. The van der Waals surface area contributed by atoms with E-state index < -0.39 is 18.5 Å². The van der Waals surface area contributed by atoms with Crippen LogP contribution in [0.4, 0.5) is 0 Å². The molecule has 0 radical (unpaired) electrons. The molecular formula is C8H10Cl4O2S. The van der Waals surface area contributed by atoms with Crippen molar-refractivity contribution in [2.75, 3.05) is 11.5 Å². The van der Waals surface area contributed by atoms with Crippen molar-refractivity contribution in [1.82, 2.24) is 0 Å². The molecule has 7 heteroatoms. The summed E-state index contributed by atoms with van der Waals surface area (Å²) in [5.74, 6) is -0.185. The van der Waals surface area contributed by atoms with Crippen LogP contribution in [0.25, 0.3) is 0 Å². The maximum Gasteiger partial charge on any atom is 0.151 e. The lowest BCUT2D eigenvalue weighted by atomic mass is 10.5. The van der Waals surface area contributed by atoms with Crippen LogP contribution in [-0.4, -0.2) is 28.6 Å². The Kier molecular flexibility index (Phi) is 2.97. The predicted octanol–water partition coefficient (Wildman–Crippen LogP) is 2.79. The zero-order valence-electron chi connectivity index (χ0n) is 7.72. The molecule has 0 amide bonds. The molecule has 0 heterocycles. The fourth-order valence-corrected chi connectivity index (χ4v) is 5.17. The molecule has 0 spiro atoms. The summed E-state index contributed by atoms with van der Waals surface area (Å²) in [4.78, 5) is 0. The summed E-state index contributed by atoms with van der Waals surface area (Å²) < 4.78 is 21.7. The third-order valence-corrected chi connectivity index (χ3v) is 6.49. The molecule has 0 aliphatic heterocycles. The number of rotatable bonds is 4. The molecule has 0 saturated heterocycles. The third kappa shape index (κ3) is 3.06. The zero-order valence-corrected chi connectivity index (χ0v) is 11.6. The lowest BCUT2D eigenvalue weighted by Gasteiger charge is -2.04. The standard InChI is InChI=1S/C8H10Cl4O2S/c9-7(10)1-5(7)3-15(13,14)4-6-2-8(6,11)12/h5-6H,1-4H2. The predicted molar refractivity (Wildman–Crippen MR) is 63.7 cm³/mol. The molecule has 15 heavy (non-hydrogen) atoms. The van der Waals surface area contributed by atoms with Gasteiger partial charge in [-0.25, -0.2) is 8.42 Å². The monoisotopic (exact) mass is 310 g/mol. The van der Waals surface area contributed by atoms with E-state index in [-0.39, 0.29) is 23.3 Å². The number of alkyl halides is 4. The maximum absolute atomic E-state index is 11.7. The molecule has 2 rings (SSSR count). The highest BCUT2D eigenvalue weighted by Gasteiger charge is 2.56. The normalized spacial score (nSPS) is 36.3. The average Bonchev–Trinajstić information content (AvgIpc) is 2.72. The molecule has 2 aliphatic carbocycles. The Bertz CT molecular complexity index is 346. The van der Waals surface area contributed by atoms with Crippen LogP contribution in [0.15, 0.2) is 0 Å². The van der Waals surface area contributed by atoms with E-state index in [0.29, 0.717) is 12.8 Å². The molecule has 0 aromatic carbocycles. The van der Waals surface area contributed by atoms with Crippen LogP contribution in [0.5, 0.6) is 0 Å². The Morgan fingerprint density at radius 3 is 1.40 bits per heavy atom. The molecule has 2 atom stereocenters. The van der Waals surface area contributed by atoms with Gasteiger partial charge in [0.05, 0.1) is 11.5 Å². The van der Waals surface area contributed by atoms with Crippen LogP contribution in [0.3, 0.4) is 0 Å². The molecule has 0 aromatic heterocycles. The van der Waals surface area contributed by atoms with E-state index in [2.05, 4.69) is 0 Å². The molecule has 2 fully saturated rings.